The van der Waals surface area contributed by atoms with Gasteiger partial charge >= 0.3 is 11.9 Å². The highest BCUT2D eigenvalue weighted by molar-refractivity contribution is 6.01. The van der Waals surface area contributed by atoms with E-state index in [1.807, 2.05) is 0 Å². The molecule has 1 heterocycles. The number of piperidine rings is 1. The molecule has 1 aliphatic heterocycles. The van der Waals surface area contributed by atoms with Crippen molar-refractivity contribution in [3.63, 3.8) is 0 Å². The minimum atomic E-state index is -0.641. The SMILES string of the molecule is [C-]#[N+]C1CCC(=O)NC1=O. The van der Waals surface area contributed by atoms with Gasteiger partial charge in [-0.15, -0.1) is 0 Å². The number of hydrogen-bond donors (Lipinski definition) is 1. The Morgan fingerprint density at radius 1 is 1.60 bits per heavy atom. The van der Waals surface area contributed by atoms with Gasteiger partial charge in [-0.05, 0) is 0 Å². The molecule has 4 nitrogen and oxygen atoms in total. The minimum absolute atomic E-state index is 0.273. The molecule has 0 aromatic carbocycles. The molecule has 1 saturated heterocycles. The van der Waals surface area contributed by atoms with Crippen LogP contribution in [0.15, 0.2) is 0 Å². The average Bonchev–Trinajstić information content (AvgIpc) is 1.88. The zero-order valence-electron chi connectivity index (χ0n) is 5.26. The van der Waals surface area contributed by atoms with Crippen molar-refractivity contribution < 1.29 is 9.59 Å². The number of hydrogen-bond acceptors (Lipinski definition) is 2. The van der Waals surface area contributed by atoms with Crippen LogP contribution < -0.4 is 5.32 Å². The molecule has 52 valence electrons. The maximum absolute atomic E-state index is 10.7. The van der Waals surface area contributed by atoms with Crippen molar-refractivity contribution in [3.05, 3.63) is 11.4 Å². The van der Waals surface area contributed by atoms with Gasteiger partial charge in [-0.25, -0.2) is 6.57 Å². The summed E-state index contributed by atoms with van der Waals surface area (Å²) in [6.45, 7) is 6.55. The second-order valence-corrected chi connectivity index (χ2v) is 2.10. The molecule has 0 bridgehead atoms. The number of amides is 2. The predicted octanol–water partition coefficient (Wildman–Crippen LogP) is -0.289. The normalized spacial score (nSPS) is 25.3. The quantitative estimate of drug-likeness (QED) is 0.369. The Morgan fingerprint density at radius 2 is 2.30 bits per heavy atom. The van der Waals surface area contributed by atoms with Gasteiger partial charge in [-0.2, -0.15) is 0 Å². The summed E-state index contributed by atoms with van der Waals surface area (Å²) in [6, 6.07) is -0.641. The van der Waals surface area contributed by atoms with Crippen LogP contribution in [0.3, 0.4) is 0 Å². The van der Waals surface area contributed by atoms with Crippen molar-refractivity contribution in [2.24, 2.45) is 0 Å². The number of rotatable bonds is 0. The topological polar surface area (TPSA) is 50.5 Å². The molecule has 1 fully saturated rings. The van der Waals surface area contributed by atoms with Crippen LogP contribution in [0.4, 0.5) is 0 Å². The van der Waals surface area contributed by atoms with Crippen molar-refractivity contribution in [2.75, 3.05) is 0 Å². The summed E-state index contributed by atoms with van der Waals surface area (Å²) < 4.78 is 0. The number of carbonyl (C=O) groups excluding carboxylic acids is 2. The third-order valence-corrected chi connectivity index (χ3v) is 1.37. The Morgan fingerprint density at radius 3 is 2.80 bits per heavy atom. The second kappa shape index (κ2) is 2.48. The average molecular weight is 138 g/mol. The first-order valence-electron chi connectivity index (χ1n) is 2.94. The third kappa shape index (κ3) is 1.13. The van der Waals surface area contributed by atoms with E-state index in [2.05, 4.69) is 10.2 Å². The molecule has 1 N–H and O–H groups in total. The fourth-order valence-electron chi connectivity index (χ4n) is 0.805. The van der Waals surface area contributed by atoms with Crippen molar-refractivity contribution >= 4 is 11.8 Å². The zero-order chi connectivity index (χ0) is 7.56. The highest BCUT2D eigenvalue weighted by Crippen LogP contribution is 2.06. The fourth-order valence-corrected chi connectivity index (χ4v) is 0.805. The van der Waals surface area contributed by atoms with Crippen LogP contribution in [-0.4, -0.2) is 17.9 Å². The van der Waals surface area contributed by atoms with Crippen LogP contribution in [0, 0.1) is 6.57 Å². The number of nitrogens with one attached hydrogen (secondary N) is 1. The van der Waals surface area contributed by atoms with E-state index in [1.54, 1.807) is 0 Å². The lowest BCUT2D eigenvalue weighted by Gasteiger charge is -2.10. The van der Waals surface area contributed by atoms with Crippen molar-refractivity contribution in [1.82, 2.24) is 5.32 Å². The van der Waals surface area contributed by atoms with Crippen LogP contribution >= 0.6 is 0 Å². The molecule has 0 radical (unpaired) electrons. The van der Waals surface area contributed by atoms with E-state index in [9.17, 15) is 9.59 Å². The fraction of sp³-hybridized carbons (Fsp3) is 0.500. The molecule has 1 aliphatic rings. The van der Waals surface area contributed by atoms with E-state index >= 15 is 0 Å². The monoisotopic (exact) mass is 138 g/mol. The number of carbonyl (C=O) groups is 2. The van der Waals surface area contributed by atoms with Gasteiger partial charge in [0.2, 0.25) is 5.91 Å². The zero-order valence-corrected chi connectivity index (χ0v) is 5.26. The largest absolute Gasteiger partial charge is 0.309 e. The summed E-state index contributed by atoms with van der Waals surface area (Å²) in [7, 11) is 0. The van der Waals surface area contributed by atoms with E-state index in [0.29, 0.717) is 12.8 Å². The third-order valence-electron chi connectivity index (χ3n) is 1.37. The van der Waals surface area contributed by atoms with Crippen LogP contribution in [0.5, 0.6) is 0 Å². The first kappa shape index (κ1) is 6.75. The van der Waals surface area contributed by atoms with Gasteiger partial charge in [-0.3, -0.25) is 14.9 Å². The molecule has 0 saturated carbocycles. The molecular formula is C6H6N2O2. The lowest BCUT2D eigenvalue weighted by molar-refractivity contribution is -0.133. The van der Waals surface area contributed by atoms with Crippen LogP contribution in [0.25, 0.3) is 4.85 Å². The molecule has 1 rings (SSSR count). The molecule has 1 atom stereocenters. The van der Waals surface area contributed by atoms with E-state index in [-0.39, 0.29) is 5.91 Å². The van der Waals surface area contributed by atoms with E-state index < -0.39 is 11.9 Å². The Hall–Kier alpha value is -1.37. The van der Waals surface area contributed by atoms with E-state index in [0.717, 1.165) is 0 Å². The van der Waals surface area contributed by atoms with Gasteiger partial charge in [0.05, 0.1) is 0 Å². The highest BCUT2D eigenvalue weighted by Gasteiger charge is 2.30. The molecule has 0 spiro atoms. The van der Waals surface area contributed by atoms with E-state index in [4.69, 9.17) is 6.57 Å². The van der Waals surface area contributed by atoms with Crippen LogP contribution in [-0.2, 0) is 9.59 Å². The van der Waals surface area contributed by atoms with Gasteiger partial charge in [-0.1, -0.05) is 0 Å². The summed E-state index contributed by atoms with van der Waals surface area (Å²) in [5.41, 5.74) is 0. The second-order valence-electron chi connectivity index (χ2n) is 2.10. The molecule has 0 aromatic rings. The smallest absolute Gasteiger partial charge is 0.303 e. The Balaban J connectivity index is 2.62. The summed E-state index contributed by atoms with van der Waals surface area (Å²) in [5.74, 6) is -0.726. The van der Waals surface area contributed by atoms with Gasteiger partial charge in [0.15, 0.2) is 0 Å². The summed E-state index contributed by atoms with van der Waals surface area (Å²) in [6.07, 6.45) is 0.660. The Labute approximate surface area is 58.0 Å². The van der Waals surface area contributed by atoms with Crippen LogP contribution in [0.2, 0.25) is 0 Å². The summed E-state index contributed by atoms with van der Waals surface area (Å²) >= 11 is 0. The molecule has 10 heavy (non-hydrogen) atoms. The molecule has 4 heteroatoms. The molecular weight excluding hydrogens is 132 g/mol. The van der Waals surface area contributed by atoms with Crippen LogP contribution in [0.1, 0.15) is 12.8 Å². The van der Waals surface area contributed by atoms with Gasteiger partial charge in [0.25, 0.3) is 0 Å². The molecule has 0 aliphatic carbocycles. The minimum Gasteiger partial charge on any atom is -0.303 e. The Bertz CT molecular complexity index is 216. The lowest BCUT2D eigenvalue weighted by Crippen LogP contribution is -2.42. The van der Waals surface area contributed by atoms with Gasteiger partial charge in [0.1, 0.15) is 0 Å². The van der Waals surface area contributed by atoms with Crippen molar-refractivity contribution in [1.29, 1.82) is 0 Å². The first-order chi connectivity index (χ1) is 4.74. The predicted molar refractivity (Wildman–Crippen MR) is 32.8 cm³/mol. The standard InChI is InChI=1S/C6H6N2O2/c1-7-4-2-3-5(9)8-6(4)10/h4H,2-3H2,(H,8,9,10). The highest BCUT2D eigenvalue weighted by atomic mass is 16.2. The number of nitrogens with zero attached hydrogens (tertiary/aromatic N) is 1. The maximum Gasteiger partial charge on any atom is 0.309 e. The molecule has 0 aromatic heterocycles. The van der Waals surface area contributed by atoms with Crippen molar-refractivity contribution in [3.8, 4) is 0 Å². The van der Waals surface area contributed by atoms with Crippen molar-refractivity contribution in [2.45, 2.75) is 18.9 Å². The number of imide groups is 1. The lowest BCUT2D eigenvalue weighted by atomic mass is 10.1. The maximum atomic E-state index is 10.7. The first-order valence-corrected chi connectivity index (χ1v) is 2.94. The summed E-state index contributed by atoms with van der Waals surface area (Å²) in [5, 5.41) is 2.09. The Kier molecular flexibility index (Phi) is 1.67. The molecule has 2 amide bonds. The van der Waals surface area contributed by atoms with E-state index in [1.165, 1.54) is 0 Å². The van der Waals surface area contributed by atoms with Gasteiger partial charge < -0.3 is 4.85 Å². The summed E-state index contributed by atoms with van der Waals surface area (Å²) in [4.78, 5) is 24.2. The molecule has 1 unspecified atom stereocenters. The van der Waals surface area contributed by atoms with Gasteiger partial charge in [0, 0.05) is 12.8 Å².